The summed E-state index contributed by atoms with van der Waals surface area (Å²) in [7, 11) is 0. The van der Waals surface area contributed by atoms with Crippen molar-refractivity contribution in [1.29, 1.82) is 0 Å². The zero-order valence-electron chi connectivity index (χ0n) is 15.3. The summed E-state index contributed by atoms with van der Waals surface area (Å²) >= 11 is 1.87. The van der Waals surface area contributed by atoms with Gasteiger partial charge in [-0.25, -0.2) is 0 Å². The first-order valence-corrected chi connectivity index (χ1v) is 10.0. The molecule has 2 N–H and O–H groups in total. The molecule has 10 heteroatoms. The topological polar surface area (TPSA) is 44.4 Å². The summed E-state index contributed by atoms with van der Waals surface area (Å²) < 4.78 is 37.8. The van der Waals surface area contributed by atoms with Gasteiger partial charge >= 0.3 is 6.18 Å². The zero-order chi connectivity index (χ0) is 18.6. The van der Waals surface area contributed by atoms with Crippen LogP contribution in [0.1, 0.15) is 24.0 Å². The van der Waals surface area contributed by atoms with Crippen molar-refractivity contribution in [2.24, 2.45) is 0 Å². The Morgan fingerprint density at radius 1 is 1.25 bits per heavy atom. The van der Waals surface area contributed by atoms with Crippen LogP contribution >= 0.6 is 36.6 Å². The van der Waals surface area contributed by atoms with Gasteiger partial charge in [0.15, 0.2) is 0 Å². The van der Waals surface area contributed by atoms with E-state index in [2.05, 4.69) is 15.5 Å². The number of alkyl halides is 3. The van der Waals surface area contributed by atoms with E-state index in [4.69, 9.17) is 0 Å². The van der Waals surface area contributed by atoms with Crippen LogP contribution in [0, 0.1) is 0 Å². The Bertz CT molecular complexity index is 613. The van der Waals surface area contributed by atoms with E-state index in [1.807, 2.05) is 11.8 Å². The zero-order valence-corrected chi connectivity index (χ0v) is 17.8. The molecule has 3 rings (SSSR count). The quantitative estimate of drug-likeness (QED) is 0.708. The molecule has 1 aromatic carbocycles. The lowest BCUT2D eigenvalue weighted by Crippen LogP contribution is -2.44. The van der Waals surface area contributed by atoms with Crippen LogP contribution in [0.15, 0.2) is 24.3 Å². The number of rotatable bonds is 5. The Morgan fingerprint density at radius 3 is 2.57 bits per heavy atom. The minimum Gasteiger partial charge on any atom is -0.352 e. The Hall–Kier alpha value is -0.670. The lowest BCUT2D eigenvalue weighted by Gasteiger charge is -2.23. The summed E-state index contributed by atoms with van der Waals surface area (Å²) in [5.74, 6) is 2.14. The first kappa shape index (κ1) is 25.4. The van der Waals surface area contributed by atoms with E-state index in [-0.39, 0.29) is 42.8 Å². The van der Waals surface area contributed by atoms with E-state index in [0.29, 0.717) is 13.0 Å². The summed E-state index contributed by atoms with van der Waals surface area (Å²) in [6, 6.07) is 5.67. The summed E-state index contributed by atoms with van der Waals surface area (Å²) in [5.41, 5.74) is 0.232. The van der Waals surface area contributed by atoms with Crippen molar-refractivity contribution in [3.8, 4) is 0 Å². The maximum Gasteiger partial charge on any atom is 0.416 e. The first-order chi connectivity index (χ1) is 12.4. The molecule has 0 spiro atoms. The van der Waals surface area contributed by atoms with E-state index < -0.39 is 11.7 Å². The number of likely N-dealkylation sites (tertiary alicyclic amines) is 1. The molecule has 2 fully saturated rings. The van der Waals surface area contributed by atoms with Gasteiger partial charge < -0.3 is 10.6 Å². The highest BCUT2D eigenvalue weighted by Crippen LogP contribution is 2.29. The highest BCUT2D eigenvalue weighted by atomic mass is 35.5. The lowest BCUT2D eigenvalue weighted by molar-refractivity contribution is -0.137. The minimum atomic E-state index is -4.30. The second-order valence-corrected chi connectivity index (χ2v) is 8.06. The van der Waals surface area contributed by atoms with Crippen molar-refractivity contribution >= 4 is 42.5 Å². The van der Waals surface area contributed by atoms with Gasteiger partial charge in [-0.1, -0.05) is 12.1 Å². The monoisotopic (exact) mass is 459 g/mol. The molecule has 1 amide bonds. The second-order valence-electron chi connectivity index (χ2n) is 6.91. The number of hydrogen-bond donors (Lipinski definition) is 2. The number of halogens is 5. The number of amides is 1. The van der Waals surface area contributed by atoms with Gasteiger partial charge in [0, 0.05) is 56.2 Å². The van der Waals surface area contributed by atoms with E-state index in [1.54, 1.807) is 0 Å². The Balaban J connectivity index is 0.00000196. The number of nitrogens with one attached hydrogen (secondary N) is 2. The average molecular weight is 460 g/mol. The van der Waals surface area contributed by atoms with Gasteiger partial charge in [-0.2, -0.15) is 24.9 Å². The largest absolute Gasteiger partial charge is 0.416 e. The van der Waals surface area contributed by atoms with E-state index >= 15 is 0 Å². The molecule has 28 heavy (non-hydrogen) atoms. The van der Waals surface area contributed by atoms with Crippen LogP contribution in [0.2, 0.25) is 0 Å². The molecule has 2 aliphatic rings. The van der Waals surface area contributed by atoms with Crippen LogP contribution < -0.4 is 10.6 Å². The number of nitrogens with zero attached hydrogens (tertiary/aromatic N) is 1. The summed E-state index contributed by atoms with van der Waals surface area (Å²) in [6.07, 6.45) is -2.92. The predicted octanol–water partition coefficient (Wildman–Crippen LogP) is 3.33. The maximum atomic E-state index is 12.6. The third-order valence-corrected chi connectivity index (χ3v) is 5.89. The molecular formula is C18H26Cl2F3N3OS. The minimum absolute atomic E-state index is 0. The van der Waals surface area contributed by atoms with Crippen molar-refractivity contribution in [1.82, 2.24) is 15.5 Å². The summed E-state index contributed by atoms with van der Waals surface area (Å²) in [6.45, 7) is 3.13. The normalized spacial score (nSPS) is 22.8. The fraction of sp³-hybridized carbons (Fsp3) is 0.611. The van der Waals surface area contributed by atoms with E-state index in [1.165, 1.54) is 12.1 Å². The van der Waals surface area contributed by atoms with Gasteiger partial charge in [0.25, 0.3) is 0 Å². The predicted molar refractivity (Wildman–Crippen MR) is 111 cm³/mol. The maximum absolute atomic E-state index is 12.6. The molecule has 1 aromatic rings. The first-order valence-electron chi connectivity index (χ1n) is 8.89. The molecule has 2 atom stereocenters. The van der Waals surface area contributed by atoms with Gasteiger partial charge in [0.1, 0.15) is 0 Å². The highest BCUT2D eigenvalue weighted by Gasteiger charge is 2.30. The van der Waals surface area contributed by atoms with Crippen LogP contribution in [0.25, 0.3) is 0 Å². The molecule has 0 aromatic heterocycles. The van der Waals surface area contributed by atoms with Crippen molar-refractivity contribution in [2.45, 2.75) is 37.6 Å². The molecule has 0 radical (unpaired) electrons. The molecule has 2 heterocycles. The SMILES string of the molecule is Cl.Cl.O=C(CC1CSCCN1)NC1CCN(Cc2ccc(C(F)(F)F)cc2)C1. The van der Waals surface area contributed by atoms with Gasteiger partial charge in [0.05, 0.1) is 5.56 Å². The summed E-state index contributed by atoms with van der Waals surface area (Å²) in [4.78, 5) is 14.3. The number of hydrogen-bond acceptors (Lipinski definition) is 4. The van der Waals surface area contributed by atoms with Gasteiger partial charge in [0.2, 0.25) is 5.91 Å². The molecule has 4 nitrogen and oxygen atoms in total. The van der Waals surface area contributed by atoms with Gasteiger partial charge in [-0.05, 0) is 24.1 Å². The van der Waals surface area contributed by atoms with E-state index in [0.717, 1.165) is 55.3 Å². The smallest absolute Gasteiger partial charge is 0.352 e. The van der Waals surface area contributed by atoms with Crippen molar-refractivity contribution in [2.75, 3.05) is 31.1 Å². The van der Waals surface area contributed by atoms with Crippen LogP contribution in [0.3, 0.4) is 0 Å². The van der Waals surface area contributed by atoms with Crippen LogP contribution in [0.5, 0.6) is 0 Å². The van der Waals surface area contributed by atoms with Gasteiger partial charge in [-0.15, -0.1) is 24.8 Å². The fourth-order valence-electron chi connectivity index (χ4n) is 3.41. The van der Waals surface area contributed by atoms with E-state index in [9.17, 15) is 18.0 Å². The average Bonchev–Trinajstić information content (AvgIpc) is 3.02. The fourth-order valence-corrected chi connectivity index (χ4v) is 4.36. The Morgan fingerprint density at radius 2 is 1.96 bits per heavy atom. The molecule has 0 bridgehead atoms. The van der Waals surface area contributed by atoms with Gasteiger partial charge in [-0.3, -0.25) is 9.69 Å². The summed E-state index contributed by atoms with van der Waals surface area (Å²) in [5, 5.41) is 6.45. The third-order valence-electron chi connectivity index (χ3n) is 4.76. The molecule has 2 unspecified atom stereocenters. The van der Waals surface area contributed by atoms with Crippen molar-refractivity contribution in [3.05, 3.63) is 35.4 Å². The third kappa shape index (κ3) is 7.63. The molecule has 2 saturated heterocycles. The lowest BCUT2D eigenvalue weighted by atomic mass is 10.1. The standard InChI is InChI=1S/C18H24F3N3OS.2ClH/c19-18(20,21)14-3-1-13(2-4-14)10-24-7-5-15(11-24)23-17(25)9-16-12-26-8-6-22-16;;/h1-4,15-16,22H,5-12H2,(H,23,25);2*1H. The molecule has 0 saturated carbocycles. The molecular weight excluding hydrogens is 434 g/mol. The Labute approximate surface area is 180 Å². The van der Waals surface area contributed by atoms with Crippen molar-refractivity contribution < 1.29 is 18.0 Å². The number of thioether (sulfide) groups is 1. The van der Waals surface area contributed by atoms with Crippen LogP contribution in [-0.4, -0.2) is 54.0 Å². The number of carbonyl (C=O) groups is 1. The van der Waals surface area contributed by atoms with Crippen molar-refractivity contribution in [3.63, 3.8) is 0 Å². The molecule has 2 aliphatic heterocycles. The molecule has 0 aliphatic carbocycles. The Kier molecular flexibility index (Phi) is 10.4. The number of benzene rings is 1. The second kappa shape index (κ2) is 11.5. The van der Waals surface area contributed by atoms with Crippen LogP contribution in [-0.2, 0) is 17.5 Å². The number of carbonyl (C=O) groups excluding carboxylic acids is 1. The highest BCUT2D eigenvalue weighted by molar-refractivity contribution is 7.99. The van der Waals surface area contributed by atoms with Crippen LogP contribution in [0.4, 0.5) is 13.2 Å². The molecule has 160 valence electrons.